The van der Waals surface area contributed by atoms with Gasteiger partial charge in [0.15, 0.2) is 0 Å². The number of methoxy groups -OCH3 is 1. The van der Waals surface area contributed by atoms with E-state index in [1.165, 1.54) is 29.3 Å². The van der Waals surface area contributed by atoms with Crippen LogP contribution in [0.3, 0.4) is 0 Å². The van der Waals surface area contributed by atoms with Crippen molar-refractivity contribution < 1.29 is 14.3 Å². The Labute approximate surface area is 159 Å². The standard InChI is InChI=1S/C22H26N2O3/c1-3-20-16-11-24-9-8-14-13-6-4-5-7-18(13)23-21(14)19(24)10-15(16)17(12-27-20)22(25)26-2/h4-7,12,15-16,19-20,23H,3,8-11H2,1-2H3/t15-,16?,19?,20?/m0/s1. The molecule has 0 aliphatic carbocycles. The fourth-order valence-corrected chi connectivity index (χ4v) is 5.47. The van der Waals surface area contributed by atoms with Crippen molar-refractivity contribution in [1.82, 2.24) is 9.88 Å². The first-order valence-corrected chi connectivity index (χ1v) is 9.98. The monoisotopic (exact) mass is 366 g/mol. The van der Waals surface area contributed by atoms with Crippen LogP contribution in [0, 0.1) is 11.8 Å². The molecule has 1 aromatic heterocycles. The van der Waals surface area contributed by atoms with E-state index in [1.54, 1.807) is 6.26 Å². The number of hydrogen-bond donors (Lipinski definition) is 1. The number of aromatic nitrogens is 1. The number of ether oxygens (including phenoxy) is 2. The van der Waals surface area contributed by atoms with E-state index in [0.29, 0.717) is 17.5 Å². The van der Waals surface area contributed by atoms with Crippen LogP contribution >= 0.6 is 0 Å². The third-order valence-electron chi connectivity index (χ3n) is 6.78. The largest absolute Gasteiger partial charge is 0.497 e. The molecule has 27 heavy (non-hydrogen) atoms. The summed E-state index contributed by atoms with van der Waals surface area (Å²) in [6.07, 6.45) is 4.82. The van der Waals surface area contributed by atoms with E-state index in [0.717, 1.165) is 32.4 Å². The third-order valence-corrected chi connectivity index (χ3v) is 6.78. The summed E-state index contributed by atoms with van der Waals surface area (Å²) >= 11 is 0. The number of carbonyl (C=O) groups excluding carboxylic acids is 1. The van der Waals surface area contributed by atoms with Crippen molar-refractivity contribution in [3.8, 4) is 0 Å². The van der Waals surface area contributed by atoms with Crippen LogP contribution in [0.15, 0.2) is 36.1 Å². The number of benzene rings is 1. The summed E-state index contributed by atoms with van der Waals surface area (Å²) in [4.78, 5) is 18.6. The van der Waals surface area contributed by atoms with E-state index in [2.05, 4.69) is 41.1 Å². The Balaban J connectivity index is 1.55. The van der Waals surface area contributed by atoms with Gasteiger partial charge in [0, 0.05) is 41.5 Å². The fourth-order valence-electron chi connectivity index (χ4n) is 5.47. The second kappa shape index (κ2) is 6.41. The van der Waals surface area contributed by atoms with Gasteiger partial charge in [-0.1, -0.05) is 25.1 Å². The average molecular weight is 366 g/mol. The first-order valence-electron chi connectivity index (χ1n) is 9.98. The Morgan fingerprint density at radius 2 is 2.22 bits per heavy atom. The van der Waals surface area contributed by atoms with Gasteiger partial charge >= 0.3 is 5.97 Å². The van der Waals surface area contributed by atoms with Crippen molar-refractivity contribution in [3.63, 3.8) is 0 Å². The molecule has 1 fully saturated rings. The SMILES string of the molecule is CCC1OC=C(C(=O)OC)[C@H]2CC3c4[nH]c5ccccc5c4CCN3CC12. The molecule has 0 radical (unpaired) electrons. The van der Waals surface area contributed by atoms with Crippen LogP contribution in [-0.2, 0) is 20.7 Å². The summed E-state index contributed by atoms with van der Waals surface area (Å²) in [5.41, 5.74) is 4.71. The maximum absolute atomic E-state index is 12.4. The lowest BCUT2D eigenvalue weighted by atomic mass is 9.71. The Kier molecular flexibility index (Phi) is 4.01. The molecule has 5 rings (SSSR count). The summed E-state index contributed by atoms with van der Waals surface area (Å²) < 4.78 is 11.0. The predicted molar refractivity (Wildman–Crippen MR) is 103 cm³/mol. The summed E-state index contributed by atoms with van der Waals surface area (Å²) in [5.74, 6) is 0.284. The zero-order valence-corrected chi connectivity index (χ0v) is 15.9. The van der Waals surface area contributed by atoms with Crippen LogP contribution in [0.25, 0.3) is 10.9 Å². The Hall–Kier alpha value is -2.27. The third kappa shape index (κ3) is 2.52. The molecular weight excluding hydrogens is 340 g/mol. The Morgan fingerprint density at radius 1 is 1.37 bits per heavy atom. The van der Waals surface area contributed by atoms with Crippen molar-refractivity contribution in [2.45, 2.75) is 38.3 Å². The zero-order valence-electron chi connectivity index (χ0n) is 15.9. The molecule has 3 aliphatic rings. The van der Waals surface area contributed by atoms with Gasteiger partial charge in [-0.3, -0.25) is 4.90 Å². The molecule has 142 valence electrons. The van der Waals surface area contributed by atoms with Crippen LogP contribution in [0.4, 0.5) is 0 Å². The lowest BCUT2D eigenvalue weighted by molar-refractivity contribution is -0.139. The highest BCUT2D eigenvalue weighted by molar-refractivity contribution is 5.89. The van der Waals surface area contributed by atoms with Gasteiger partial charge in [-0.05, 0) is 30.9 Å². The molecule has 0 saturated carbocycles. The Bertz CT molecular complexity index is 915. The van der Waals surface area contributed by atoms with Gasteiger partial charge in [0.2, 0.25) is 0 Å². The Morgan fingerprint density at radius 3 is 3.04 bits per heavy atom. The first-order chi connectivity index (χ1) is 13.2. The minimum Gasteiger partial charge on any atom is -0.497 e. The molecule has 3 aliphatic heterocycles. The summed E-state index contributed by atoms with van der Waals surface area (Å²) in [5, 5.41) is 1.34. The van der Waals surface area contributed by atoms with E-state index in [1.807, 2.05) is 0 Å². The van der Waals surface area contributed by atoms with Crippen LogP contribution in [0.1, 0.15) is 37.1 Å². The molecule has 4 atom stereocenters. The van der Waals surface area contributed by atoms with Crippen LogP contribution in [-0.4, -0.2) is 42.2 Å². The van der Waals surface area contributed by atoms with Crippen molar-refractivity contribution in [2.75, 3.05) is 20.2 Å². The highest BCUT2D eigenvalue weighted by atomic mass is 16.5. The molecule has 4 heterocycles. The molecule has 5 nitrogen and oxygen atoms in total. The molecule has 1 N–H and O–H groups in total. The lowest BCUT2D eigenvalue weighted by Gasteiger charge is -2.49. The van der Waals surface area contributed by atoms with Crippen molar-refractivity contribution >= 4 is 16.9 Å². The number of nitrogens with one attached hydrogen (secondary N) is 1. The molecule has 3 unspecified atom stereocenters. The number of H-pyrrole nitrogens is 1. The molecule has 0 amide bonds. The van der Waals surface area contributed by atoms with E-state index in [4.69, 9.17) is 9.47 Å². The number of piperidine rings is 1. The van der Waals surface area contributed by atoms with Crippen molar-refractivity contribution in [2.24, 2.45) is 11.8 Å². The van der Waals surface area contributed by atoms with E-state index in [-0.39, 0.29) is 18.0 Å². The number of nitrogens with zero attached hydrogens (tertiary/aromatic N) is 1. The maximum atomic E-state index is 12.4. The lowest BCUT2D eigenvalue weighted by Crippen LogP contribution is -2.51. The molecule has 2 aromatic rings. The summed E-state index contributed by atoms with van der Waals surface area (Å²) in [6.45, 7) is 4.20. The van der Waals surface area contributed by atoms with E-state index < -0.39 is 0 Å². The van der Waals surface area contributed by atoms with Crippen molar-refractivity contribution in [1.29, 1.82) is 0 Å². The number of rotatable bonds is 2. The fraction of sp³-hybridized carbons (Fsp3) is 0.500. The molecular formula is C22H26N2O3. The van der Waals surface area contributed by atoms with E-state index in [9.17, 15) is 4.79 Å². The molecule has 0 bridgehead atoms. The maximum Gasteiger partial charge on any atom is 0.337 e. The van der Waals surface area contributed by atoms with Gasteiger partial charge in [-0.2, -0.15) is 0 Å². The smallest absolute Gasteiger partial charge is 0.337 e. The number of para-hydroxylation sites is 1. The molecule has 5 heteroatoms. The number of carbonyl (C=O) groups is 1. The average Bonchev–Trinajstić information content (AvgIpc) is 3.10. The van der Waals surface area contributed by atoms with E-state index >= 15 is 0 Å². The predicted octanol–water partition coefficient (Wildman–Crippen LogP) is 3.57. The normalized spacial score (nSPS) is 29.9. The van der Waals surface area contributed by atoms with Gasteiger partial charge < -0.3 is 14.5 Å². The number of aromatic amines is 1. The minimum absolute atomic E-state index is 0.175. The number of fused-ring (bicyclic) bond motifs is 6. The van der Waals surface area contributed by atoms with Crippen LogP contribution in [0.2, 0.25) is 0 Å². The number of esters is 1. The highest BCUT2D eigenvalue weighted by Gasteiger charge is 2.47. The minimum atomic E-state index is -0.249. The number of hydrogen-bond acceptors (Lipinski definition) is 4. The topological polar surface area (TPSA) is 54.6 Å². The second-order valence-corrected chi connectivity index (χ2v) is 7.98. The summed E-state index contributed by atoms with van der Waals surface area (Å²) in [7, 11) is 1.45. The first kappa shape index (κ1) is 16.9. The molecule has 1 saturated heterocycles. The zero-order chi connectivity index (χ0) is 18.5. The molecule has 0 spiro atoms. The van der Waals surface area contributed by atoms with Gasteiger partial charge in [0.05, 0.1) is 25.0 Å². The van der Waals surface area contributed by atoms with Gasteiger partial charge in [0.1, 0.15) is 6.10 Å². The molecule has 1 aromatic carbocycles. The van der Waals surface area contributed by atoms with Crippen molar-refractivity contribution in [3.05, 3.63) is 47.4 Å². The van der Waals surface area contributed by atoms with Gasteiger partial charge in [-0.15, -0.1) is 0 Å². The highest BCUT2D eigenvalue weighted by Crippen LogP contribution is 2.48. The van der Waals surface area contributed by atoms with Gasteiger partial charge in [-0.25, -0.2) is 4.79 Å². The summed E-state index contributed by atoms with van der Waals surface area (Å²) in [6, 6.07) is 8.90. The second-order valence-electron chi connectivity index (χ2n) is 7.98. The van der Waals surface area contributed by atoms with Crippen LogP contribution in [0.5, 0.6) is 0 Å². The van der Waals surface area contributed by atoms with Crippen LogP contribution < -0.4 is 0 Å². The quantitative estimate of drug-likeness (QED) is 0.826. The van der Waals surface area contributed by atoms with Gasteiger partial charge in [0.25, 0.3) is 0 Å².